The summed E-state index contributed by atoms with van der Waals surface area (Å²) in [6, 6.07) is 5.47. The van der Waals surface area contributed by atoms with Crippen LogP contribution in [-0.2, 0) is 24.9 Å². The van der Waals surface area contributed by atoms with Gasteiger partial charge in [-0.25, -0.2) is 4.39 Å². The number of hydrogen-bond acceptors (Lipinski definition) is 4. The summed E-state index contributed by atoms with van der Waals surface area (Å²) in [5.41, 5.74) is -0.931. The minimum atomic E-state index is -4.64. The van der Waals surface area contributed by atoms with Crippen LogP contribution in [0.5, 0.6) is 5.75 Å². The third-order valence-electron chi connectivity index (χ3n) is 6.89. The van der Waals surface area contributed by atoms with Crippen LogP contribution in [0.4, 0.5) is 17.6 Å². The van der Waals surface area contributed by atoms with Crippen LogP contribution >= 0.6 is 0 Å². The van der Waals surface area contributed by atoms with E-state index in [0.29, 0.717) is 42.3 Å². The van der Waals surface area contributed by atoms with Gasteiger partial charge in [-0.15, -0.1) is 0 Å². The molecular weight excluding hydrogens is 454 g/mol. The van der Waals surface area contributed by atoms with Gasteiger partial charge in [0.1, 0.15) is 17.3 Å². The number of halogens is 4. The summed E-state index contributed by atoms with van der Waals surface area (Å²) in [5.74, 6) is -0.592. The van der Waals surface area contributed by atoms with Crippen LogP contribution in [0.1, 0.15) is 54.0 Å². The lowest BCUT2D eigenvalue weighted by atomic mass is 9.81. The molecule has 0 radical (unpaired) electrons. The summed E-state index contributed by atoms with van der Waals surface area (Å²) < 4.78 is 62.1. The summed E-state index contributed by atoms with van der Waals surface area (Å²) in [4.78, 5) is 16.7. The number of aromatic nitrogens is 1. The van der Waals surface area contributed by atoms with Crippen LogP contribution in [0.3, 0.4) is 0 Å². The number of aliphatic hydroxyl groups excluding tert-OH is 1. The van der Waals surface area contributed by atoms with E-state index >= 15 is 0 Å². The zero-order valence-corrected chi connectivity index (χ0v) is 19.5. The van der Waals surface area contributed by atoms with Crippen LogP contribution in [0.15, 0.2) is 24.3 Å². The fourth-order valence-corrected chi connectivity index (χ4v) is 5.19. The minimum absolute atomic E-state index is 0.0541. The van der Waals surface area contributed by atoms with E-state index in [1.165, 1.54) is 0 Å². The molecule has 1 fully saturated rings. The Hall–Kier alpha value is -2.59. The van der Waals surface area contributed by atoms with Gasteiger partial charge < -0.3 is 19.3 Å². The molecule has 2 aromatic rings. The maximum absolute atomic E-state index is 14.9. The quantitative estimate of drug-likeness (QED) is 0.668. The maximum atomic E-state index is 14.9. The molecule has 1 N–H and O–H groups in total. The van der Waals surface area contributed by atoms with Gasteiger partial charge in [0.05, 0.1) is 23.9 Å². The minimum Gasteiger partial charge on any atom is -0.491 e. The van der Waals surface area contributed by atoms with E-state index in [1.807, 2.05) is 18.7 Å². The van der Waals surface area contributed by atoms with Gasteiger partial charge >= 0.3 is 6.18 Å². The second-order valence-corrected chi connectivity index (χ2v) is 9.27. The van der Waals surface area contributed by atoms with Crippen molar-refractivity contribution in [2.45, 2.75) is 57.7 Å². The number of benzene rings is 1. The highest BCUT2D eigenvalue weighted by atomic mass is 19.4. The van der Waals surface area contributed by atoms with Crippen molar-refractivity contribution >= 4 is 5.91 Å². The van der Waals surface area contributed by atoms with Gasteiger partial charge in [-0.3, -0.25) is 9.69 Å². The van der Waals surface area contributed by atoms with Crippen molar-refractivity contribution in [3.05, 3.63) is 52.6 Å². The molecule has 2 aliphatic heterocycles. The average molecular weight is 484 g/mol. The summed E-state index contributed by atoms with van der Waals surface area (Å²) in [5, 5.41) is 9.69. The summed E-state index contributed by atoms with van der Waals surface area (Å²) in [7, 11) is 1.79. The van der Waals surface area contributed by atoms with Crippen molar-refractivity contribution in [3.8, 4) is 5.75 Å². The predicted octanol–water partition coefficient (Wildman–Crippen LogP) is 4.00. The molecule has 2 aliphatic rings. The Kier molecular flexibility index (Phi) is 6.41. The highest BCUT2D eigenvalue weighted by molar-refractivity contribution is 5.94. The molecule has 0 unspecified atom stereocenters. The van der Waals surface area contributed by atoms with Crippen molar-refractivity contribution in [1.29, 1.82) is 0 Å². The van der Waals surface area contributed by atoms with E-state index in [2.05, 4.69) is 0 Å². The molecule has 1 amide bonds. The summed E-state index contributed by atoms with van der Waals surface area (Å²) in [6.07, 6.45) is -4.10. The molecule has 34 heavy (non-hydrogen) atoms. The number of ether oxygens (including phenoxy) is 1. The van der Waals surface area contributed by atoms with Crippen molar-refractivity contribution < 1.29 is 32.2 Å². The lowest BCUT2D eigenvalue weighted by Gasteiger charge is -2.50. The van der Waals surface area contributed by atoms with E-state index in [9.17, 15) is 27.5 Å². The van der Waals surface area contributed by atoms with E-state index in [0.717, 1.165) is 4.57 Å². The Balaban J connectivity index is 1.57. The number of alkyl halides is 3. The normalized spacial score (nSPS) is 18.4. The zero-order valence-electron chi connectivity index (χ0n) is 19.5. The first-order valence-electron chi connectivity index (χ1n) is 11.4. The number of carbonyl (C=O) groups excluding carboxylic acids is 1. The third-order valence-corrected chi connectivity index (χ3v) is 6.89. The number of likely N-dealkylation sites (N-methyl/N-ethyl adjacent to an activating group) is 1. The molecule has 1 aromatic carbocycles. The molecule has 1 aromatic heterocycles. The van der Waals surface area contributed by atoms with Gasteiger partial charge in [0, 0.05) is 43.4 Å². The van der Waals surface area contributed by atoms with Gasteiger partial charge in [0.25, 0.3) is 5.91 Å². The Bertz CT molecular complexity index is 1070. The fourth-order valence-electron chi connectivity index (χ4n) is 5.19. The molecule has 1 spiro atoms. The number of likely N-dealkylation sites (tertiary alicyclic amines) is 1. The lowest BCUT2D eigenvalue weighted by Crippen LogP contribution is -2.57. The first-order valence-corrected chi connectivity index (χ1v) is 11.4. The molecule has 0 atom stereocenters. The highest BCUT2D eigenvalue weighted by Crippen LogP contribution is 2.45. The first-order chi connectivity index (χ1) is 16.0. The predicted molar refractivity (Wildman–Crippen MR) is 117 cm³/mol. The van der Waals surface area contributed by atoms with Crippen molar-refractivity contribution in [3.63, 3.8) is 0 Å². The zero-order chi connectivity index (χ0) is 24.8. The van der Waals surface area contributed by atoms with Gasteiger partial charge in [-0.05, 0) is 51.9 Å². The molecule has 10 heteroatoms. The lowest BCUT2D eigenvalue weighted by molar-refractivity contribution is -0.144. The number of carbonyl (C=O) groups is 1. The molecule has 0 aliphatic carbocycles. The molecule has 186 valence electrons. The third kappa shape index (κ3) is 4.17. The standard InChI is InChI=1S/C24H29F4N3O3/c1-15(2)34-19-5-4-16(12-17(19)14-32)22(33)30-8-6-23(7-9-30)21-18(25)13-20(24(26,27)28)31(21)11-10-29(23)3/h4-5,12-13,15,32H,6-11,14H2,1-3H3. The van der Waals surface area contributed by atoms with Gasteiger partial charge in [0.2, 0.25) is 0 Å². The Labute approximate surface area is 195 Å². The van der Waals surface area contributed by atoms with Crippen LogP contribution in [0.2, 0.25) is 0 Å². The number of nitrogens with zero attached hydrogens (tertiary/aromatic N) is 3. The van der Waals surface area contributed by atoms with Crippen molar-refractivity contribution in [2.75, 3.05) is 26.7 Å². The molecule has 0 bridgehead atoms. The topological polar surface area (TPSA) is 57.9 Å². The smallest absolute Gasteiger partial charge is 0.431 e. The monoisotopic (exact) mass is 483 g/mol. The Morgan fingerprint density at radius 2 is 1.82 bits per heavy atom. The van der Waals surface area contributed by atoms with Gasteiger partial charge in [0.15, 0.2) is 0 Å². The molecule has 0 saturated carbocycles. The second kappa shape index (κ2) is 8.88. The Morgan fingerprint density at radius 1 is 1.15 bits per heavy atom. The first kappa shape index (κ1) is 24.5. The summed E-state index contributed by atoms with van der Waals surface area (Å²) >= 11 is 0. The molecule has 3 heterocycles. The molecule has 1 saturated heterocycles. The SMILES string of the molecule is CC(C)Oc1ccc(C(=O)N2CCC3(CC2)c2c(F)cc(C(F)(F)F)n2CCN3C)cc1CO. The van der Waals surface area contributed by atoms with E-state index < -0.39 is 23.2 Å². The molecule has 4 rings (SSSR count). The van der Waals surface area contributed by atoms with Crippen LogP contribution in [0, 0.1) is 5.82 Å². The van der Waals surface area contributed by atoms with Gasteiger partial charge in [-0.2, -0.15) is 13.2 Å². The number of fused-ring (bicyclic) bond motifs is 2. The number of amides is 1. The number of piperidine rings is 1. The number of aliphatic hydroxyl groups is 1. The van der Waals surface area contributed by atoms with Crippen molar-refractivity contribution in [1.82, 2.24) is 14.4 Å². The van der Waals surface area contributed by atoms with Crippen LogP contribution in [-0.4, -0.2) is 58.2 Å². The summed E-state index contributed by atoms with van der Waals surface area (Å²) in [6.45, 7) is 4.40. The van der Waals surface area contributed by atoms with E-state index in [-0.39, 0.29) is 43.9 Å². The fraction of sp³-hybridized carbons (Fsp3) is 0.542. The number of hydrogen-bond donors (Lipinski definition) is 1. The van der Waals surface area contributed by atoms with Gasteiger partial charge in [-0.1, -0.05) is 0 Å². The molecule has 6 nitrogen and oxygen atoms in total. The van der Waals surface area contributed by atoms with Crippen LogP contribution in [0.25, 0.3) is 0 Å². The van der Waals surface area contributed by atoms with E-state index in [1.54, 1.807) is 30.1 Å². The van der Waals surface area contributed by atoms with Crippen molar-refractivity contribution in [2.24, 2.45) is 0 Å². The largest absolute Gasteiger partial charge is 0.491 e. The van der Waals surface area contributed by atoms with Crippen LogP contribution < -0.4 is 4.74 Å². The number of rotatable bonds is 4. The second-order valence-electron chi connectivity index (χ2n) is 9.27. The average Bonchev–Trinajstić information content (AvgIpc) is 3.14. The highest BCUT2D eigenvalue weighted by Gasteiger charge is 2.49. The van der Waals surface area contributed by atoms with E-state index in [4.69, 9.17) is 4.74 Å². The maximum Gasteiger partial charge on any atom is 0.431 e. The Morgan fingerprint density at radius 3 is 2.41 bits per heavy atom. The molecular formula is C24H29F4N3O3.